The summed E-state index contributed by atoms with van der Waals surface area (Å²) < 4.78 is 5.52. The van der Waals surface area contributed by atoms with Crippen molar-refractivity contribution in [3.63, 3.8) is 0 Å². The molecule has 0 atom stereocenters. The number of carbonyl (C=O) groups is 1. The van der Waals surface area contributed by atoms with Crippen molar-refractivity contribution in [2.75, 3.05) is 13.2 Å². The molecule has 0 aromatic heterocycles. The normalized spacial score (nSPS) is 10.2. The van der Waals surface area contributed by atoms with Crippen LogP contribution in [0.25, 0.3) is 0 Å². The predicted octanol–water partition coefficient (Wildman–Crippen LogP) is 3.02. The monoisotopic (exact) mass is 314 g/mol. The van der Waals surface area contributed by atoms with E-state index in [9.17, 15) is 14.9 Å². The van der Waals surface area contributed by atoms with Gasteiger partial charge in [0.2, 0.25) is 0 Å². The molecule has 23 heavy (non-hydrogen) atoms. The van der Waals surface area contributed by atoms with E-state index in [2.05, 4.69) is 5.32 Å². The Hall–Kier alpha value is -2.89. The number of nitrogens with one attached hydrogen (secondary N) is 1. The first kappa shape index (κ1) is 16.5. The second kappa shape index (κ2) is 7.40. The van der Waals surface area contributed by atoms with E-state index < -0.39 is 4.92 Å². The number of hydrogen-bond acceptors (Lipinski definition) is 4. The Bertz CT molecular complexity index is 711. The van der Waals surface area contributed by atoms with Gasteiger partial charge in [0.15, 0.2) is 0 Å². The van der Waals surface area contributed by atoms with E-state index in [-0.39, 0.29) is 11.6 Å². The van der Waals surface area contributed by atoms with Crippen molar-refractivity contribution >= 4 is 11.6 Å². The summed E-state index contributed by atoms with van der Waals surface area (Å²) in [6.45, 7) is 4.19. The Labute approximate surface area is 134 Å². The summed E-state index contributed by atoms with van der Waals surface area (Å²) in [6, 6.07) is 12.1. The van der Waals surface area contributed by atoms with Crippen molar-refractivity contribution in [1.29, 1.82) is 0 Å². The van der Waals surface area contributed by atoms with Crippen molar-refractivity contribution < 1.29 is 14.5 Å². The van der Waals surface area contributed by atoms with Crippen LogP contribution in [0.5, 0.6) is 5.75 Å². The van der Waals surface area contributed by atoms with Gasteiger partial charge in [0, 0.05) is 17.2 Å². The lowest BCUT2D eigenvalue weighted by molar-refractivity contribution is -0.385. The Morgan fingerprint density at radius 3 is 2.52 bits per heavy atom. The van der Waals surface area contributed by atoms with E-state index in [1.165, 1.54) is 12.1 Å². The van der Waals surface area contributed by atoms with Gasteiger partial charge in [0.25, 0.3) is 11.6 Å². The second-order valence-corrected chi connectivity index (χ2v) is 5.12. The molecule has 0 saturated carbocycles. The fraction of sp³-hybridized carbons (Fsp3) is 0.235. The molecule has 1 N–H and O–H groups in total. The molecular weight excluding hydrogens is 296 g/mol. The number of aryl methyl sites for hydroxylation is 1. The molecule has 2 rings (SSSR count). The van der Waals surface area contributed by atoms with Gasteiger partial charge in [-0.2, -0.15) is 0 Å². The molecule has 0 bridgehead atoms. The third kappa shape index (κ3) is 4.29. The number of carbonyl (C=O) groups excluding carboxylic acids is 1. The standard InChI is InChI=1S/C17H18N2O4/c1-12-6-8-14(9-7-12)23-11-10-18-17(20)15-4-3-5-16(13(15)2)19(21)22/h3-9H,10-11H2,1-2H3,(H,18,20). The Balaban J connectivity index is 1.89. The van der Waals surface area contributed by atoms with Crippen molar-refractivity contribution in [2.24, 2.45) is 0 Å². The predicted molar refractivity (Wildman–Crippen MR) is 86.8 cm³/mol. The number of benzene rings is 2. The van der Waals surface area contributed by atoms with Crippen LogP contribution in [0.4, 0.5) is 5.69 Å². The zero-order valence-corrected chi connectivity index (χ0v) is 13.0. The van der Waals surface area contributed by atoms with Crippen LogP contribution in [0.2, 0.25) is 0 Å². The highest BCUT2D eigenvalue weighted by Gasteiger charge is 2.17. The summed E-state index contributed by atoms with van der Waals surface area (Å²) in [7, 11) is 0. The molecule has 1 amide bonds. The lowest BCUT2D eigenvalue weighted by Gasteiger charge is -2.09. The zero-order valence-electron chi connectivity index (χ0n) is 13.0. The minimum atomic E-state index is -0.493. The first-order valence-electron chi connectivity index (χ1n) is 7.20. The summed E-state index contributed by atoms with van der Waals surface area (Å²) in [5.41, 5.74) is 1.74. The van der Waals surface area contributed by atoms with Crippen molar-refractivity contribution in [1.82, 2.24) is 5.32 Å². The highest BCUT2D eigenvalue weighted by atomic mass is 16.6. The molecule has 0 heterocycles. The van der Waals surface area contributed by atoms with E-state index in [0.717, 1.165) is 11.3 Å². The van der Waals surface area contributed by atoms with E-state index >= 15 is 0 Å². The number of nitrogens with zero attached hydrogens (tertiary/aromatic N) is 1. The van der Waals surface area contributed by atoms with Crippen LogP contribution in [0.1, 0.15) is 21.5 Å². The summed E-state index contributed by atoms with van der Waals surface area (Å²) >= 11 is 0. The third-order valence-corrected chi connectivity index (χ3v) is 3.42. The van der Waals surface area contributed by atoms with Crippen molar-refractivity contribution in [3.8, 4) is 5.75 Å². The molecule has 0 aliphatic carbocycles. The van der Waals surface area contributed by atoms with E-state index in [4.69, 9.17) is 4.74 Å². The smallest absolute Gasteiger partial charge is 0.273 e. The average Bonchev–Trinajstić information content (AvgIpc) is 2.53. The van der Waals surface area contributed by atoms with Gasteiger partial charge in [-0.25, -0.2) is 0 Å². The molecule has 0 aliphatic heterocycles. The minimum Gasteiger partial charge on any atom is -0.492 e. The van der Waals surface area contributed by atoms with Crippen LogP contribution in [0, 0.1) is 24.0 Å². The van der Waals surface area contributed by atoms with Crippen LogP contribution in [0.15, 0.2) is 42.5 Å². The van der Waals surface area contributed by atoms with Crippen molar-refractivity contribution in [3.05, 3.63) is 69.3 Å². The van der Waals surface area contributed by atoms with E-state index in [1.54, 1.807) is 13.0 Å². The Kier molecular flexibility index (Phi) is 5.30. The molecule has 0 aliphatic rings. The maximum atomic E-state index is 12.1. The molecule has 0 radical (unpaired) electrons. The lowest BCUT2D eigenvalue weighted by Crippen LogP contribution is -2.28. The SMILES string of the molecule is Cc1ccc(OCCNC(=O)c2cccc([N+](=O)[O-])c2C)cc1. The number of rotatable bonds is 6. The molecule has 0 saturated heterocycles. The maximum Gasteiger partial charge on any atom is 0.273 e. The van der Waals surface area contributed by atoms with Gasteiger partial charge in [0.05, 0.1) is 11.5 Å². The summed E-state index contributed by atoms with van der Waals surface area (Å²) in [4.78, 5) is 22.5. The molecule has 0 fully saturated rings. The van der Waals surface area contributed by atoms with Crippen LogP contribution in [-0.2, 0) is 0 Å². The minimum absolute atomic E-state index is 0.0615. The number of nitro groups is 1. The number of hydrogen-bond donors (Lipinski definition) is 1. The van der Waals surface area contributed by atoms with E-state index in [1.807, 2.05) is 31.2 Å². The summed E-state index contributed by atoms with van der Waals surface area (Å²) in [6.07, 6.45) is 0. The topological polar surface area (TPSA) is 81.5 Å². The second-order valence-electron chi connectivity index (χ2n) is 5.12. The van der Waals surface area contributed by atoms with Crippen LogP contribution < -0.4 is 10.1 Å². The van der Waals surface area contributed by atoms with E-state index in [0.29, 0.717) is 24.3 Å². The summed E-state index contributed by atoms with van der Waals surface area (Å²) in [5, 5.41) is 13.6. The first-order valence-corrected chi connectivity index (χ1v) is 7.20. The Morgan fingerprint density at radius 1 is 1.17 bits per heavy atom. The van der Waals surface area contributed by atoms with Crippen LogP contribution >= 0.6 is 0 Å². The summed E-state index contributed by atoms with van der Waals surface area (Å²) in [5.74, 6) is 0.384. The van der Waals surface area contributed by atoms with Crippen molar-refractivity contribution in [2.45, 2.75) is 13.8 Å². The number of ether oxygens (including phenoxy) is 1. The number of nitro benzene ring substituents is 1. The fourth-order valence-corrected chi connectivity index (χ4v) is 2.13. The third-order valence-electron chi connectivity index (χ3n) is 3.42. The largest absolute Gasteiger partial charge is 0.492 e. The molecule has 120 valence electrons. The quantitative estimate of drug-likeness (QED) is 0.505. The molecule has 0 spiro atoms. The highest BCUT2D eigenvalue weighted by molar-refractivity contribution is 5.96. The van der Waals surface area contributed by atoms with Gasteiger partial charge in [-0.1, -0.05) is 23.8 Å². The lowest BCUT2D eigenvalue weighted by atomic mass is 10.1. The van der Waals surface area contributed by atoms with Gasteiger partial charge >= 0.3 is 0 Å². The Morgan fingerprint density at radius 2 is 1.87 bits per heavy atom. The van der Waals surface area contributed by atoms with Crippen LogP contribution in [0.3, 0.4) is 0 Å². The van der Waals surface area contributed by atoms with Gasteiger partial charge in [-0.05, 0) is 32.0 Å². The highest BCUT2D eigenvalue weighted by Crippen LogP contribution is 2.20. The molecule has 0 unspecified atom stereocenters. The molecular formula is C17H18N2O4. The molecule has 2 aromatic carbocycles. The van der Waals surface area contributed by atoms with Gasteiger partial charge in [0.1, 0.15) is 12.4 Å². The van der Waals surface area contributed by atoms with Gasteiger partial charge < -0.3 is 10.1 Å². The van der Waals surface area contributed by atoms with Gasteiger partial charge in [-0.3, -0.25) is 14.9 Å². The maximum absolute atomic E-state index is 12.1. The molecule has 2 aromatic rings. The first-order chi connectivity index (χ1) is 11.0. The molecule has 6 heteroatoms. The van der Waals surface area contributed by atoms with Gasteiger partial charge in [-0.15, -0.1) is 0 Å². The zero-order chi connectivity index (χ0) is 16.8. The average molecular weight is 314 g/mol. The van der Waals surface area contributed by atoms with Crippen LogP contribution in [-0.4, -0.2) is 24.0 Å². The number of amides is 1. The molecule has 6 nitrogen and oxygen atoms in total. The fourth-order valence-electron chi connectivity index (χ4n) is 2.13.